The molecule has 0 saturated carbocycles. The van der Waals surface area contributed by atoms with E-state index in [4.69, 9.17) is 9.05 Å². The van der Waals surface area contributed by atoms with E-state index < -0.39 is 7.60 Å². The number of hydrogen-bond acceptors (Lipinski definition) is 4. The van der Waals surface area contributed by atoms with Crippen LogP contribution < -0.4 is 0 Å². The molecule has 0 amide bonds. The summed E-state index contributed by atoms with van der Waals surface area (Å²) in [4.78, 5) is 2.23. The number of aryl methyl sites for hydroxylation is 2. The Hall–Kier alpha value is -1.06. The van der Waals surface area contributed by atoms with Gasteiger partial charge < -0.3 is 9.05 Å². The molecule has 2 aromatic rings. The monoisotopic (exact) mass is 334 g/mol. The summed E-state index contributed by atoms with van der Waals surface area (Å²) in [7, 11) is -0.362. The van der Waals surface area contributed by atoms with Gasteiger partial charge in [0.15, 0.2) is 0 Å². The largest absolute Gasteiger partial charge is 0.342 e. The fraction of sp³-hybridized carbons (Fsp3) is 0.294. The zero-order chi connectivity index (χ0) is 15.9. The second-order valence-electron chi connectivity index (χ2n) is 5.49. The minimum Gasteiger partial charge on any atom is -0.311 e. The van der Waals surface area contributed by atoms with Crippen molar-refractivity contribution in [2.45, 2.75) is 29.3 Å². The summed E-state index contributed by atoms with van der Waals surface area (Å²) in [6.45, 7) is 4.10. The Morgan fingerprint density at radius 3 is 2.23 bits per heavy atom. The van der Waals surface area contributed by atoms with E-state index in [2.05, 4.69) is 31.2 Å². The van der Waals surface area contributed by atoms with Crippen molar-refractivity contribution in [2.24, 2.45) is 0 Å². The van der Waals surface area contributed by atoms with Crippen molar-refractivity contribution in [3.8, 4) is 0 Å². The average molecular weight is 334 g/mol. The molecule has 3 nitrogen and oxygen atoms in total. The molecule has 3 rings (SSSR count). The van der Waals surface area contributed by atoms with Crippen molar-refractivity contribution in [1.82, 2.24) is 0 Å². The molecular weight excluding hydrogens is 315 g/mol. The van der Waals surface area contributed by atoms with E-state index in [1.165, 1.54) is 19.8 Å². The fourth-order valence-corrected chi connectivity index (χ4v) is 5.92. The minimum atomic E-state index is -3.27. The lowest BCUT2D eigenvalue weighted by Gasteiger charge is -2.32. The molecule has 0 radical (unpaired) electrons. The molecule has 0 N–H and O–H groups in total. The molecule has 1 aliphatic heterocycles. The summed E-state index contributed by atoms with van der Waals surface area (Å²) in [5, 5.41) is 0. The summed E-state index contributed by atoms with van der Waals surface area (Å²) in [6.07, 6.45) is 0. The zero-order valence-electron chi connectivity index (χ0n) is 13.1. The van der Waals surface area contributed by atoms with E-state index in [-0.39, 0.29) is 5.66 Å². The van der Waals surface area contributed by atoms with Crippen molar-refractivity contribution in [2.75, 3.05) is 14.2 Å². The normalized spacial score (nSPS) is 17.0. The molecule has 5 heteroatoms. The molecule has 1 heterocycles. The molecular formula is C17H19O3PS. The smallest absolute Gasteiger partial charge is 0.311 e. The van der Waals surface area contributed by atoms with Crippen LogP contribution in [0.25, 0.3) is 0 Å². The van der Waals surface area contributed by atoms with Crippen LogP contribution in [0.5, 0.6) is 0 Å². The molecule has 1 unspecified atom stereocenters. The van der Waals surface area contributed by atoms with Gasteiger partial charge in [0.25, 0.3) is 0 Å². The highest BCUT2D eigenvalue weighted by atomic mass is 32.2. The second-order valence-corrected chi connectivity index (χ2v) is 8.90. The quantitative estimate of drug-likeness (QED) is 0.710. The Morgan fingerprint density at radius 1 is 0.909 bits per heavy atom. The van der Waals surface area contributed by atoms with Crippen LogP contribution in [0.1, 0.15) is 27.9 Å². The van der Waals surface area contributed by atoms with Gasteiger partial charge in [-0.1, -0.05) is 41.6 Å². The second kappa shape index (κ2) is 5.86. The molecule has 0 bridgehead atoms. The van der Waals surface area contributed by atoms with Crippen molar-refractivity contribution >= 4 is 19.4 Å². The van der Waals surface area contributed by atoms with Gasteiger partial charge in [-0.2, -0.15) is 0 Å². The average Bonchev–Trinajstić information content (AvgIpc) is 2.52. The molecule has 0 fully saturated rings. The molecule has 0 saturated heterocycles. The number of benzene rings is 2. The number of rotatable bonds is 3. The Kier molecular flexibility index (Phi) is 4.21. The van der Waals surface area contributed by atoms with Gasteiger partial charge in [-0.3, -0.25) is 4.57 Å². The fourth-order valence-electron chi connectivity index (χ4n) is 2.84. The number of fused-ring (bicyclic) bond motifs is 2. The zero-order valence-corrected chi connectivity index (χ0v) is 14.8. The number of hydrogen-bond donors (Lipinski definition) is 0. The first-order valence-electron chi connectivity index (χ1n) is 7.08. The predicted molar refractivity (Wildman–Crippen MR) is 89.9 cm³/mol. The van der Waals surface area contributed by atoms with E-state index in [0.29, 0.717) is 0 Å². The summed E-state index contributed by atoms with van der Waals surface area (Å²) in [5.74, 6) is 0. The summed E-state index contributed by atoms with van der Waals surface area (Å²) >= 11 is 1.71. The van der Waals surface area contributed by atoms with E-state index in [0.717, 1.165) is 26.5 Å². The lowest BCUT2D eigenvalue weighted by atomic mass is 10.0. The lowest BCUT2D eigenvalue weighted by molar-refractivity contribution is 0.269. The Bertz CT molecular complexity index is 764. The van der Waals surface area contributed by atoms with Gasteiger partial charge in [0, 0.05) is 24.0 Å². The van der Waals surface area contributed by atoms with Gasteiger partial charge in [-0.25, -0.2) is 0 Å². The first-order chi connectivity index (χ1) is 10.5. The maximum Gasteiger partial charge on any atom is 0.342 e. The van der Waals surface area contributed by atoms with E-state index >= 15 is 0 Å². The lowest BCUT2D eigenvalue weighted by Crippen LogP contribution is -2.11. The third-order valence-electron chi connectivity index (χ3n) is 3.97. The Balaban J connectivity index is 2.28. The Morgan fingerprint density at radius 2 is 1.55 bits per heavy atom. The third kappa shape index (κ3) is 2.55. The molecule has 0 aliphatic carbocycles. The van der Waals surface area contributed by atoms with Crippen molar-refractivity contribution in [1.29, 1.82) is 0 Å². The van der Waals surface area contributed by atoms with Crippen LogP contribution in [0.2, 0.25) is 0 Å². The standard InChI is InChI=1S/C17H19O3PS/c1-11-6-8-15-14(9-11)17(21(18,19-3)20-4)13-7-5-12(2)10-16(13)22-15/h5-10,17H,1-4H3. The van der Waals surface area contributed by atoms with Gasteiger partial charge in [-0.15, -0.1) is 0 Å². The van der Waals surface area contributed by atoms with Crippen molar-refractivity contribution < 1.29 is 13.6 Å². The van der Waals surface area contributed by atoms with Crippen LogP contribution in [0.4, 0.5) is 0 Å². The topological polar surface area (TPSA) is 35.5 Å². The molecule has 1 atom stereocenters. The van der Waals surface area contributed by atoms with E-state index in [1.54, 1.807) is 11.8 Å². The molecule has 116 valence electrons. The Labute approximate surface area is 135 Å². The third-order valence-corrected chi connectivity index (χ3v) is 7.34. The summed E-state index contributed by atoms with van der Waals surface area (Å²) < 4.78 is 23.8. The van der Waals surface area contributed by atoms with Crippen LogP contribution in [-0.2, 0) is 13.6 Å². The van der Waals surface area contributed by atoms with Crippen LogP contribution in [-0.4, -0.2) is 14.2 Å². The summed E-state index contributed by atoms with van der Waals surface area (Å²) in [6, 6.07) is 12.5. The molecule has 0 spiro atoms. The highest BCUT2D eigenvalue weighted by Crippen LogP contribution is 2.67. The first-order valence-corrected chi connectivity index (χ1v) is 9.51. The molecule has 0 aromatic heterocycles. The maximum atomic E-state index is 13.2. The van der Waals surface area contributed by atoms with Crippen molar-refractivity contribution in [3.63, 3.8) is 0 Å². The predicted octanol–water partition coefficient (Wildman–Crippen LogP) is 5.34. The van der Waals surface area contributed by atoms with Crippen LogP contribution in [0.3, 0.4) is 0 Å². The highest BCUT2D eigenvalue weighted by Gasteiger charge is 2.41. The van der Waals surface area contributed by atoms with Gasteiger partial charge in [0.1, 0.15) is 5.66 Å². The summed E-state index contributed by atoms with van der Waals surface area (Å²) in [5.41, 5.74) is 3.98. The maximum absolute atomic E-state index is 13.2. The minimum absolute atomic E-state index is 0.380. The molecule has 1 aliphatic rings. The highest BCUT2D eigenvalue weighted by molar-refractivity contribution is 7.99. The van der Waals surface area contributed by atoms with Gasteiger partial charge >= 0.3 is 7.60 Å². The van der Waals surface area contributed by atoms with Gasteiger partial charge in [0.2, 0.25) is 0 Å². The first kappa shape index (κ1) is 15.8. The molecule has 2 aromatic carbocycles. The van der Waals surface area contributed by atoms with Crippen LogP contribution in [0.15, 0.2) is 46.2 Å². The van der Waals surface area contributed by atoms with E-state index in [1.807, 2.05) is 19.1 Å². The van der Waals surface area contributed by atoms with E-state index in [9.17, 15) is 4.57 Å². The SMILES string of the molecule is COP(=O)(OC)C1c2ccc(C)cc2Sc2ccc(C)cc21. The van der Waals surface area contributed by atoms with Gasteiger partial charge in [-0.05, 0) is 42.7 Å². The van der Waals surface area contributed by atoms with Gasteiger partial charge in [0.05, 0.1) is 0 Å². The van der Waals surface area contributed by atoms with Crippen LogP contribution in [0, 0.1) is 13.8 Å². The van der Waals surface area contributed by atoms with Crippen molar-refractivity contribution in [3.05, 3.63) is 58.7 Å². The van der Waals surface area contributed by atoms with Crippen LogP contribution >= 0.6 is 19.4 Å². The molecule has 22 heavy (non-hydrogen) atoms.